The van der Waals surface area contributed by atoms with Crippen LogP contribution in [0.4, 0.5) is 0 Å². The first-order valence-corrected chi connectivity index (χ1v) is 5.01. The molecule has 0 aliphatic heterocycles. The SMILES string of the molecule is NC(CCNCCc1cc[nH]c1)C(=O)O. The molecule has 0 radical (unpaired) electrons. The van der Waals surface area contributed by atoms with Crippen molar-refractivity contribution in [2.45, 2.75) is 18.9 Å². The fraction of sp³-hybridized carbons (Fsp3) is 0.500. The van der Waals surface area contributed by atoms with Crippen LogP contribution in [0.3, 0.4) is 0 Å². The number of rotatable bonds is 7. The predicted octanol–water partition coefficient (Wildman–Crippen LogP) is -0.0512. The standard InChI is InChI=1S/C10H17N3O2/c11-9(10(14)15)3-6-12-4-1-8-2-5-13-7-8/h2,5,7,9,12-13H,1,3-4,6,11H2,(H,14,15). The second kappa shape index (κ2) is 6.21. The summed E-state index contributed by atoms with van der Waals surface area (Å²) in [5.74, 6) is -0.942. The summed E-state index contributed by atoms with van der Waals surface area (Å²) in [5, 5.41) is 11.7. The molecule has 0 spiro atoms. The van der Waals surface area contributed by atoms with Crippen LogP contribution >= 0.6 is 0 Å². The molecule has 5 heteroatoms. The number of nitrogens with two attached hydrogens (primary N) is 1. The van der Waals surface area contributed by atoms with Crippen LogP contribution in [0.1, 0.15) is 12.0 Å². The molecule has 0 aliphatic rings. The van der Waals surface area contributed by atoms with Crippen molar-refractivity contribution in [1.29, 1.82) is 0 Å². The lowest BCUT2D eigenvalue weighted by Crippen LogP contribution is -2.34. The predicted molar refractivity (Wildman–Crippen MR) is 57.6 cm³/mol. The Morgan fingerprint density at radius 2 is 2.40 bits per heavy atom. The number of aromatic nitrogens is 1. The van der Waals surface area contributed by atoms with Gasteiger partial charge in [-0.25, -0.2) is 0 Å². The van der Waals surface area contributed by atoms with Gasteiger partial charge in [-0.15, -0.1) is 0 Å². The highest BCUT2D eigenvalue weighted by Gasteiger charge is 2.09. The van der Waals surface area contributed by atoms with Crippen molar-refractivity contribution in [2.75, 3.05) is 13.1 Å². The molecule has 0 aliphatic carbocycles. The molecule has 0 saturated carbocycles. The maximum Gasteiger partial charge on any atom is 0.320 e. The summed E-state index contributed by atoms with van der Waals surface area (Å²) in [4.78, 5) is 13.4. The van der Waals surface area contributed by atoms with Gasteiger partial charge in [0.15, 0.2) is 0 Å². The summed E-state index contributed by atoms with van der Waals surface area (Å²) in [5.41, 5.74) is 6.59. The lowest BCUT2D eigenvalue weighted by Gasteiger charge is -2.07. The molecule has 84 valence electrons. The zero-order valence-electron chi connectivity index (χ0n) is 8.57. The fourth-order valence-corrected chi connectivity index (χ4v) is 1.25. The maximum absolute atomic E-state index is 10.4. The average Bonchev–Trinajstić information content (AvgIpc) is 2.69. The summed E-state index contributed by atoms with van der Waals surface area (Å²) in [6.45, 7) is 1.47. The molecule has 1 unspecified atom stereocenters. The first-order valence-electron chi connectivity index (χ1n) is 5.01. The minimum Gasteiger partial charge on any atom is -0.480 e. The Labute approximate surface area is 88.7 Å². The molecule has 0 aromatic carbocycles. The minimum absolute atomic E-state index is 0.461. The van der Waals surface area contributed by atoms with E-state index >= 15 is 0 Å². The van der Waals surface area contributed by atoms with Crippen LogP contribution in [0, 0.1) is 0 Å². The molecule has 15 heavy (non-hydrogen) atoms. The van der Waals surface area contributed by atoms with E-state index in [4.69, 9.17) is 10.8 Å². The van der Waals surface area contributed by atoms with Crippen molar-refractivity contribution in [3.63, 3.8) is 0 Å². The second-order valence-corrected chi connectivity index (χ2v) is 3.45. The Hall–Kier alpha value is -1.33. The van der Waals surface area contributed by atoms with E-state index in [0.29, 0.717) is 13.0 Å². The molecule has 0 bridgehead atoms. The number of H-pyrrole nitrogens is 1. The number of hydrogen-bond acceptors (Lipinski definition) is 3. The number of nitrogens with one attached hydrogen (secondary N) is 2. The monoisotopic (exact) mass is 211 g/mol. The third-order valence-corrected chi connectivity index (χ3v) is 2.20. The molecule has 0 amide bonds. The van der Waals surface area contributed by atoms with Gasteiger partial charge in [0.2, 0.25) is 0 Å². The summed E-state index contributed by atoms with van der Waals surface area (Å²) < 4.78 is 0. The van der Waals surface area contributed by atoms with Crippen molar-refractivity contribution in [2.24, 2.45) is 5.73 Å². The van der Waals surface area contributed by atoms with E-state index in [0.717, 1.165) is 13.0 Å². The molecule has 1 rings (SSSR count). The highest BCUT2D eigenvalue weighted by molar-refractivity contribution is 5.72. The smallest absolute Gasteiger partial charge is 0.320 e. The zero-order chi connectivity index (χ0) is 11.1. The Morgan fingerprint density at radius 3 is 3.00 bits per heavy atom. The Balaban J connectivity index is 2.00. The van der Waals surface area contributed by atoms with Crippen molar-refractivity contribution in [3.05, 3.63) is 24.0 Å². The fourth-order valence-electron chi connectivity index (χ4n) is 1.25. The van der Waals surface area contributed by atoms with Crippen LogP contribution in [-0.4, -0.2) is 35.2 Å². The second-order valence-electron chi connectivity index (χ2n) is 3.45. The number of aromatic amines is 1. The van der Waals surface area contributed by atoms with E-state index < -0.39 is 12.0 Å². The largest absolute Gasteiger partial charge is 0.480 e. The van der Waals surface area contributed by atoms with Crippen molar-refractivity contribution < 1.29 is 9.90 Å². The first kappa shape index (κ1) is 11.7. The van der Waals surface area contributed by atoms with Crippen LogP contribution < -0.4 is 11.1 Å². The first-order chi connectivity index (χ1) is 7.20. The van der Waals surface area contributed by atoms with Gasteiger partial charge in [0.1, 0.15) is 6.04 Å². The van der Waals surface area contributed by atoms with Crippen molar-refractivity contribution >= 4 is 5.97 Å². The molecule has 1 aromatic heterocycles. The topological polar surface area (TPSA) is 91.1 Å². The van der Waals surface area contributed by atoms with E-state index in [1.54, 1.807) is 0 Å². The molecule has 5 N–H and O–H groups in total. The zero-order valence-corrected chi connectivity index (χ0v) is 8.57. The highest BCUT2D eigenvalue weighted by Crippen LogP contribution is 1.96. The Morgan fingerprint density at radius 1 is 1.60 bits per heavy atom. The summed E-state index contributed by atoms with van der Waals surface area (Å²) in [6.07, 6.45) is 5.23. The van der Waals surface area contributed by atoms with E-state index in [1.807, 2.05) is 18.5 Å². The molecule has 5 nitrogen and oxygen atoms in total. The third-order valence-electron chi connectivity index (χ3n) is 2.20. The molecule has 1 aromatic rings. The van der Waals surface area contributed by atoms with Gasteiger partial charge >= 0.3 is 5.97 Å². The van der Waals surface area contributed by atoms with E-state index in [-0.39, 0.29) is 0 Å². The third kappa shape index (κ3) is 4.62. The molecular weight excluding hydrogens is 194 g/mol. The van der Waals surface area contributed by atoms with Crippen LogP contribution in [0.2, 0.25) is 0 Å². The van der Waals surface area contributed by atoms with Crippen molar-refractivity contribution in [1.82, 2.24) is 10.3 Å². The average molecular weight is 211 g/mol. The lowest BCUT2D eigenvalue weighted by atomic mass is 10.2. The van der Waals surface area contributed by atoms with Crippen LogP contribution in [0.25, 0.3) is 0 Å². The molecular formula is C10H17N3O2. The number of aliphatic carboxylic acids is 1. The number of carboxylic acids is 1. The van der Waals surface area contributed by atoms with Gasteiger partial charge in [0, 0.05) is 12.4 Å². The molecule has 1 atom stereocenters. The summed E-state index contributed by atoms with van der Waals surface area (Å²) in [6, 6.07) is 1.26. The van der Waals surface area contributed by atoms with E-state index in [1.165, 1.54) is 5.56 Å². The van der Waals surface area contributed by atoms with E-state index in [9.17, 15) is 4.79 Å². The highest BCUT2D eigenvalue weighted by atomic mass is 16.4. The Kier molecular flexibility index (Phi) is 4.86. The van der Waals surface area contributed by atoms with Crippen LogP contribution in [0.5, 0.6) is 0 Å². The van der Waals surface area contributed by atoms with Gasteiger partial charge < -0.3 is 21.1 Å². The number of hydrogen-bond donors (Lipinski definition) is 4. The van der Waals surface area contributed by atoms with E-state index in [2.05, 4.69) is 10.3 Å². The van der Waals surface area contributed by atoms with Crippen LogP contribution in [0.15, 0.2) is 18.5 Å². The quantitative estimate of drug-likeness (QED) is 0.476. The molecule has 0 fully saturated rings. The van der Waals surface area contributed by atoms with Crippen molar-refractivity contribution in [3.8, 4) is 0 Å². The van der Waals surface area contributed by atoms with Gasteiger partial charge in [-0.1, -0.05) is 0 Å². The van der Waals surface area contributed by atoms with Crippen LogP contribution in [-0.2, 0) is 11.2 Å². The van der Waals surface area contributed by atoms with Gasteiger partial charge in [-0.3, -0.25) is 4.79 Å². The molecule has 0 saturated heterocycles. The summed E-state index contributed by atoms with van der Waals surface area (Å²) >= 11 is 0. The molecule has 1 heterocycles. The minimum atomic E-state index is -0.942. The Bertz CT molecular complexity index is 285. The van der Waals surface area contributed by atoms with Gasteiger partial charge in [-0.2, -0.15) is 0 Å². The van der Waals surface area contributed by atoms with Gasteiger partial charge in [0.05, 0.1) is 0 Å². The maximum atomic E-state index is 10.4. The summed E-state index contributed by atoms with van der Waals surface area (Å²) in [7, 11) is 0. The lowest BCUT2D eigenvalue weighted by molar-refractivity contribution is -0.138. The number of carboxylic acid groups (broad SMARTS) is 1. The normalized spacial score (nSPS) is 12.6. The van der Waals surface area contributed by atoms with Gasteiger partial charge in [0.25, 0.3) is 0 Å². The number of carbonyl (C=O) groups is 1. The van der Waals surface area contributed by atoms with Gasteiger partial charge in [-0.05, 0) is 37.6 Å².